The van der Waals surface area contributed by atoms with Crippen molar-refractivity contribution < 1.29 is 29.4 Å². The van der Waals surface area contributed by atoms with Crippen LogP contribution < -0.4 is 5.32 Å². The van der Waals surface area contributed by atoms with E-state index in [0.29, 0.717) is 0 Å². The highest BCUT2D eigenvalue weighted by molar-refractivity contribution is 6.34. The number of nitrogens with one attached hydrogen (secondary N) is 1. The minimum Gasteiger partial charge on any atom is -0.480 e. The first kappa shape index (κ1) is 14.1. The summed E-state index contributed by atoms with van der Waals surface area (Å²) in [7, 11) is 1.07. The van der Waals surface area contributed by atoms with Crippen molar-refractivity contribution in [3.05, 3.63) is 0 Å². The Bertz CT molecular complexity index is 321. The number of ketones is 1. The topological polar surface area (TPSA) is 121 Å². The molecule has 90 valence electrons. The van der Waals surface area contributed by atoms with Gasteiger partial charge < -0.3 is 15.5 Å². The highest BCUT2D eigenvalue weighted by Gasteiger charge is 2.59. The summed E-state index contributed by atoms with van der Waals surface area (Å²) in [6.07, 6.45) is -0.0237. The molecule has 0 radical (unpaired) electrons. The maximum absolute atomic E-state index is 11.5. The fourth-order valence-corrected chi connectivity index (χ4v) is 1.25. The van der Waals surface area contributed by atoms with Gasteiger partial charge in [0.2, 0.25) is 0 Å². The first-order valence-corrected chi connectivity index (χ1v) is 4.57. The van der Waals surface area contributed by atoms with Gasteiger partial charge in [-0.15, -0.1) is 0 Å². The van der Waals surface area contributed by atoms with E-state index in [-0.39, 0.29) is 12.8 Å². The molecule has 7 heteroatoms. The molecular formula is C9H13NO6. The molecule has 0 spiro atoms. The van der Waals surface area contributed by atoms with E-state index in [9.17, 15) is 19.2 Å². The van der Waals surface area contributed by atoms with E-state index in [4.69, 9.17) is 10.2 Å². The predicted octanol–water partition coefficient (Wildman–Crippen LogP) is -0.743. The normalized spacial score (nSPS) is 10.6. The molecule has 7 nitrogen and oxygen atoms in total. The number of amides is 1. The molecule has 0 aromatic carbocycles. The number of carboxylic acids is 2. The van der Waals surface area contributed by atoms with Gasteiger partial charge in [0.25, 0.3) is 11.3 Å². The number of Topliss-reactive ketones (excluding diaryl/α,β-unsaturated/α-hetero) is 1. The highest BCUT2D eigenvalue weighted by Crippen LogP contribution is 2.23. The van der Waals surface area contributed by atoms with E-state index < -0.39 is 29.0 Å². The zero-order valence-electron chi connectivity index (χ0n) is 8.94. The van der Waals surface area contributed by atoms with E-state index in [1.165, 1.54) is 0 Å². The monoisotopic (exact) mass is 231 g/mol. The van der Waals surface area contributed by atoms with Crippen molar-refractivity contribution in [3.63, 3.8) is 0 Å². The molecule has 0 heterocycles. The summed E-state index contributed by atoms with van der Waals surface area (Å²) in [5.41, 5.74) is -3.04. The smallest absolute Gasteiger partial charge is 0.338 e. The lowest BCUT2D eigenvalue weighted by Gasteiger charge is -2.21. The van der Waals surface area contributed by atoms with Crippen LogP contribution in [0.25, 0.3) is 0 Å². The fourth-order valence-electron chi connectivity index (χ4n) is 1.25. The third-order valence-electron chi connectivity index (χ3n) is 2.10. The van der Waals surface area contributed by atoms with Crippen LogP contribution in [0, 0.1) is 5.41 Å². The maximum atomic E-state index is 11.5. The van der Waals surface area contributed by atoms with Crippen LogP contribution in [0.5, 0.6) is 0 Å². The van der Waals surface area contributed by atoms with Gasteiger partial charge in [-0.2, -0.15) is 0 Å². The molecule has 0 rings (SSSR count). The summed E-state index contributed by atoms with van der Waals surface area (Å²) in [6.45, 7) is 1.58. The molecular weight excluding hydrogens is 218 g/mol. The van der Waals surface area contributed by atoms with Crippen LogP contribution in [0.1, 0.15) is 19.8 Å². The largest absolute Gasteiger partial charge is 0.480 e. The molecule has 0 aliphatic carbocycles. The van der Waals surface area contributed by atoms with Crippen molar-refractivity contribution in [3.8, 4) is 0 Å². The van der Waals surface area contributed by atoms with Gasteiger partial charge in [0.1, 0.15) is 0 Å². The summed E-state index contributed by atoms with van der Waals surface area (Å²) >= 11 is 0. The third kappa shape index (κ3) is 2.02. The zero-order valence-corrected chi connectivity index (χ0v) is 8.94. The van der Waals surface area contributed by atoms with Crippen molar-refractivity contribution >= 4 is 23.6 Å². The average Bonchev–Trinajstić information content (AvgIpc) is 2.17. The van der Waals surface area contributed by atoms with E-state index >= 15 is 0 Å². The second kappa shape index (κ2) is 5.24. The second-order valence-electron chi connectivity index (χ2n) is 3.11. The van der Waals surface area contributed by atoms with Crippen molar-refractivity contribution in [1.82, 2.24) is 5.32 Å². The summed E-state index contributed by atoms with van der Waals surface area (Å²) in [5, 5.41) is 19.5. The SMILES string of the molecule is CCCC(=O)C(C(=O)O)(C(=O)O)C(=O)NC. The van der Waals surface area contributed by atoms with Crippen LogP contribution in [-0.2, 0) is 19.2 Å². The molecule has 1 amide bonds. The number of carboxylic acid groups (broad SMARTS) is 2. The number of carbonyl (C=O) groups is 4. The Morgan fingerprint density at radius 2 is 1.56 bits per heavy atom. The average molecular weight is 231 g/mol. The Morgan fingerprint density at radius 1 is 1.12 bits per heavy atom. The molecule has 0 aromatic rings. The van der Waals surface area contributed by atoms with Gasteiger partial charge in [-0.3, -0.25) is 9.59 Å². The lowest BCUT2D eigenvalue weighted by atomic mass is 9.80. The van der Waals surface area contributed by atoms with Crippen molar-refractivity contribution in [2.45, 2.75) is 19.8 Å². The Morgan fingerprint density at radius 3 is 1.81 bits per heavy atom. The van der Waals surface area contributed by atoms with Crippen LogP contribution in [-0.4, -0.2) is 40.9 Å². The van der Waals surface area contributed by atoms with Gasteiger partial charge in [-0.1, -0.05) is 6.92 Å². The van der Waals surface area contributed by atoms with Gasteiger partial charge in [-0.05, 0) is 6.42 Å². The van der Waals surface area contributed by atoms with E-state index in [2.05, 4.69) is 0 Å². The number of aliphatic carboxylic acids is 2. The Kier molecular flexibility index (Phi) is 4.61. The molecule has 0 saturated heterocycles. The fraction of sp³-hybridized carbons (Fsp3) is 0.556. The van der Waals surface area contributed by atoms with Gasteiger partial charge in [0, 0.05) is 13.5 Å². The molecule has 0 unspecified atom stereocenters. The highest BCUT2D eigenvalue weighted by atomic mass is 16.4. The molecule has 0 aliphatic rings. The van der Waals surface area contributed by atoms with Crippen LogP contribution >= 0.6 is 0 Å². The van der Waals surface area contributed by atoms with Crippen LogP contribution in [0.2, 0.25) is 0 Å². The summed E-state index contributed by atoms with van der Waals surface area (Å²) in [5.74, 6) is -6.42. The lowest BCUT2D eigenvalue weighted by Crippen LogP contribution is -2.56. The number of hydrogen-bond acceptors (Lipinski definition) is 4. The van der Waals surface area contributed by atoms with Crippen LogP contribution in [0.4, 0.5) is 0 Å². The van der Waals surface area contributed by atoms with E-state index in [0.717, 1.165) is 7.05 Å². The van der Waals surface area contributed by atoms with Crippen molar-refractivity contribution in [2.24, 2.45) is 5.41 Å². The first-order valence-electron chi connectivity index (χ1n) is 4.57. The minimum absolute atomic E-state index is 0.262. The third-order valence-corrected chi connectivity index (χ3v) is 2.10. The standard InChI is InChI=1S/C9H13NO6/c1-3-4-5(11)9(7(13)14,8(15)16)6(12)10-2/h3-4H2,1-2H3,(H,10,12)(H,13,14)(H,15,16). The maximum Gasteiger partial charge on any atom is 0.338 e. The molecule has 3 N–H and O–H groups in total. The van der Waals surface area contributed by atoms with E-state index in [1.54, 1.807) is 6.92 Å². The van der Waals surface area contributed by atoms with Crippen LogP contribution in [0.15, 0.2) is 0 Å². The van der Waals surface area contributed by atoms with Crippen LogP contribution in [0.3, 0.4) is 0 Å². The number of carbonyl (C=O) groups excluding carboxylic acids is 2. The lowest BCUT2D eigenvalue weighted by molar-refractivity contribution is -0.171. The molecule has 0 aliphatic heterocycles. The Balaban J connectivity index is 5.63. The van der Waals surface area contributed by atoms with Gasteiger partial charge in [0.15, 0.2) is 5.78 Å². The van der Waals surface area contributed by atoms with Gasteiger partial charge in [-0.25, -0.2) is 9.59 Å². The number of rotatable bonds is 6. The van der Waals surface area contributed by atoms with Gasteiger partial charge >= 0.3 is 11.9 Å². The molecule has 0 atom stereocenters. The minimum atomic E-state index is -3.04. The quantitative estimate of drug-likeness (QED) is 0.517. The molecule has 0 fully saturated rings. The van der Waals surface area contributed by atoms with E-state index in [1.807, 2.05) is 5.32 Å². The molecule has 0 bridgehead atoms. The summed E-state index contributed by atoms with van der Waals surface area (Å²) < 4.78 is 0. The van der Waals surface area contributed by atoms with Gasteiger partial charge in [0.05, 0.1) is 0 Å². The second-order valence-corrected chi connectivity index (χ2v) is 3.11. The summed E-state index contributed by atoms with van der Waals surface area (Å²) in [4.78, 5) is 44.7. The molecule has 0 saturated carbocycles. The Labute approximate surface area is 91.4 Å². The first-order chi connectivity index (χ1) is 7.35. The Hall–Kier alpha value is -1.92. The zero-order chi connectivity index (χ0) is 12.9. The molecule has 0 aromatic heterocycles. The number of hydrogen-bond donors (Lipinski definition) is 3. The molecule has 16 heavy (non-hydrogen) atoms. The van der Waals surface area contributed by atoms with Crippen molar-refractivity contribution in [2.75, 3.05) is 7.05 Å². The predicted molar refractivity (Wildman–Crippen MR) is 51.7 cm³/mol. The summed E-state index contributed by atoms with van der Waals surface area (Å²) in [6, 6.07) is 0. The van der Waals surface area contributed by atoms with Crippen molar-refractivity contribution in [1.29, 1.82) is 0 Å².